The molecule has 7 nitrogen and oxygen atoms in total. The van der Waals surface area contributed by atoms with E-state index in [2.05, 4.69) is 39.7 Å². The number of guanidine groups is 1. The highest BCUT2D eigenvalue weighted by molar-refractivity contribution is 14.0. The van der Waals surface area contributed by atoms with E-state index >= 15 is 0 Å². The van der Waals surface area contributed by atoms with Gasteiger partial charge in [0.1, 0.15) is 23.9 Å². The summed E-state index contributed by atoms with van der Waals surface area (Å²) in [5, 5.41) is 8.62. The zero-order valence-corrected chi connectivity index (χ0v) is 21.0. The van der Waals surface area contributed by atoms with Crippen molar-refractivity contribution in [3.63, 3.8) is 0 Å². The molecule has 9 heteroatoms. The molecule has 1 aromatic carbocycles. The lowest BCUT2D eigenvalue weighted by Crippen LogP contribution is -2.36. The summed E-state index contributed by atoms with van der Waals surface area (Å²) in [6, 6.07) is 8.13. The number of thiophene rings is 1. The van der Waals surface area contributed by atoms with Crippen molar-refractivity contribution in [2.75, 3.05) is 13.7 Å². The quantitative estimate of drug-likeness (QED) is 0.252. The van der Waals surface area contributed by atoms with Crippen molar-refractivity contribution in [2.24, 2.45) is 4.99 Å². The third-order valence-corrected chi connectivity index (χ3v) is 5.63. The van der Waals surface area contributed by atoms with E-state index in [1.54, 1.807) is 24.6 Å². The molecule has 166 valence electrons. The van der Waals surface area contributed by atoms with Gasteiger partial charge in [0.15, 0.2) is 5.96 Å². The van der Waals surface area contributed by atoms with Crippen molar-refractivity contribution in [2.45, 2.75) is 39.5 Å². The largest absolute Gasteiger partial charge is 0.494 e. The van der Waals surface area contributed by atoms with E-state index in [9.17, 15) is 0 Å². The van der Waals surface area contributed by atoms with Gasteiger partial charge in [0.2, 0.25) is 5.89 Å². The van der Waals surface area contributed by atoms with Crippen LogP contribution >= 0.6 is 35.3 Å². The van der Waals surface area contributed by atoms with Gasteiger partial charge in [-0.25, -0.2) is 4.98 Å². The normalized spacial score (nSPS) is 15.1. The van der Waals surface area contributed by atoms with E-state index in [1.165, 1.54) is 5.56 Å². The first kappa shape index (κ1) is 23.4. The molecule has 0 saturated heterocycles. The second-order valence-electron chi connectivity index (χ2n) is 7.03. The molecule has 2 aromatic heterocycles. The Kier molecular flexibility index (Phi) is 8.19. The molecule has 4 rings (SSSR count). The van der Waals surface area contributed by atoms with Gasteiger partial charge in [0, 0.05) is 31.1 Å². The van der Waals surface area contributed by atoms with E-state index in [4.69, 9.17) is 13.9 Å². The van der Waals surface area contributed by atoms with Crippen LogP contribution < -0.4 is 20.1 Å². The smallest absolute Gasteiger partial charge is 0.236 e. The fourth-order valence-electron chi connectivity index (χ4n) is 3.38. The molecule has 0 saturated carbocycles. The fraction of sp³-hybridized carbons (Fsp3) is 0.364. The van der Waals surface area contributed by atoms with Crippen LogP contribution in [0.3, 0.4) is 0 Å². The Morgan fingerprint density at radius 3 is 2.90 bits per heavy atom. The van der Waals surface area contributed by atoms with E-state index in [0.717, 1.165) is 34.1 Å². The number of aliphatic imine (C=N–C) groups is 1. The van der Waals surface area contributed by atoms with E-state index < -0.39 is 0 Å². The lowest BCUT2D eigenvalue weighted by molar-refractivity contribution is 0.254. The average molecular weight is 554 g/mol. The van der Waals surface area contributed by atoms with Crippen LogP contribution in [0.4, 0.5) is 0 Å². The van der Waals surface area contributed by atoms with Crippen molar-refractivity contribution in [3.05, 3.63) is 52.7 Å². The first-order chi connectivity index (χ1) is 14.7. The van der Waals surface area contributed by atoms with Gasteiger partial charge in [-0.1, -0.05) is 6.07 Å². The number of halogens is 1. The Bertz CT molecular complexity index is 1020. The molecular formula is C22H27IN4O3S. The minimum atomic E-state index is 0. The van der Waals surface area contributed by atoms with Gasteiger partial charge in [-0.2, -0.15) is 0 Å². The van der Waals surface area contributed by atoms with Gasteiger partial charge >= 0.3 is 0 Å². The summed E-state index contributed by atoms with van der Waals surface area (Å²) in [5.74, 6) is 3.13. The topological polar surface area (TPSA) is 80.9 Å². The molecule has 3 heterocycles. The van der Waals surface area contributed by atoms with Crippen molar-refractivity contribution in [1.29, 1.82) is 0 Å². The van der Waals surface area contributed by atoms with E-state index in [1.807, 2.05) is 24.4 Å². The highest BCUT2D eigenvalue weighted by Crippen LogP contribution is 2.35. The fourth-order valence-corrected chi connectivity index (χ4v) is 4.04. The number of hydrogen-bond donors (Lipinski definition) is 2. The molecular weight excluding hydrogens is 527 g/mol. The maximum absolute atomic E-state index is 5.90. The summed E-state index contributed by atoms with van der Waals surface area (Å²) in [4.78, 5) is 9.84. The zero-order valence-electron chi connectivity index (χ0n) is 17.8. The van der Waals surface area contributed by atoms with Crippen molar-refractivity contribution in [3.8, 4) is 22.3 Å². The molecule has 0 amide bonds. The number of fused-ring (bicyclic) bond motifs is 1. The molecule has 0 bridgehead atoms. The van der Waals surface area contributed by atoms with Gasteiger partial charge in [-0.15, -0.1) is 35.3 Å². The maximum Gasteiger partial charge on any atom is 0.236 e. The number of ether oxygens (including phenoxy) is 2. The minimum absolute atomic E-state index is 0. The van der Waals surface area contributed by atoms with Crippen LogP contribution in [0, 0.1) is 0 Å². The minimum Gasteiger partial charge on any atom is -0.494 e. The third-order valence-electron chi connectivity index (χ3n) is 4.77. The summed E-state index contributed by atoms with van der Waals surface area (Å²) in [7, 11) is 1.74. The molecule has 1 aliphatic heterocycles. The SMILES string of the molecule is CCOc1cc2c(cc1CNC(=NC)NCc1coc(-c3cccs3)n1)OC(C)C2.I. The predicted octanol–water partition coefficient (Wildman–Crippen LogP) is 4.61. The second kappa shape index (κ2) is 10.9. The van der Waals surface area contributed by atoms with Crippen molar-refractivity contribution >= 4 is 41.3 Å². The van der Waals surface area contributed by atoms with Crippen molar-refractivity contribution in [1.82, 2.24) is 15.6 Å². The number of nitrogens with zero attached hydrogens (tertiary/aromatic N) is 2. The van der Waals surface area contributed by atoms with Crippen molar-refractivity contribution < 1.29 is 13.9 Å². The Balaban J connectivity index is 0.00000272. The molecule has 0 aliphatic carbocycles. The van der Waals surface area contributed by atoms with Gasteiger partial charge in [0.25, 0.3) is 0 Å². The van der Waals surface area contributed by atoms with Crippen LogP contribution in [0.5, 0.6) is 11.5 Å². The number of aromatic nitrogens is 1. The van der Waals surface area contributed by atoms with Gasteiger partial charge < -0.3 is 24.5 Å². The molecule has 1 unspecified atom stereocenters. The van der Waals surface area contributed by atoms with Crippen LogP contribution in [0.15, 0.2) is 45.3 Å². The molecule has 1 aliphatic rings. The molecule has 0 fully saturated rings. The summed E-state index contributed by atoms with van der Waals surface area (Å²) in [6.45, 7) is 5.77. The summed E-state index contributed by atoms with van der Waals surface area (Å²) in [5.41, 5.74) is 3.05. The maximum atomic E-state index is 5.90. The van der Waals surface area contributed by atoms with Crippen LogP contribution in [0.25, 0.3) is 10.8 Å². The summed E-state index contributed by atoms with van der Waals surface area (Å²) < 4.78 is 17.3. The monoisotopic (exact) mass is 554 g/mol. The van der Waals surface area contributed by atoms with Crippen LogP contribution in [-0.4, -0.2) is 30.7 Å². The Morgan fingerprint density at radius 1 is 1.32 bits per heavy atom. The lowest BCUT2D eigenvalue weighted by Gasteiger charge is -2.15. The zero-order chi connectivity index (χ0) is 20.9. The van der Waals surface area contributed by atoms with Crippen LogP contribution in [0.2, 0.25) is 0 Å². The van der Waals surface area contributed by atoms with E-state index in [0.29, 0.717) is 31.5 Å². The molecule has 3 aromatic rings. The number of nitrogens with one attached hydrogen (secondary N) is 2. The summed E-state index contributed by atoms with van der Waals surface area (Å²) >= 11 is 1.60. The molecule has 2 N–H and O–H groups in total. The Labute approximate surface area is 203 Å². The number of rotatable bonds is 7. The molecule has 1 atom stereocenters. The number of benzene rings is 1. The molecule has 0 spiro atoms. The van der Waals surface area contributed by atoms with Crippen LogP contribution in [-0.2, 0) is 19.5 Å². The van der Waals surface area contributed by atoms with Crippen LogP contribution in [0.1, 0.15) is 30.7 Å². The Morgan fingerprint density at radius 2 is 2.16 bits per heavy atom. The summed E-state index contributed by atoms with van der Waals surface area (Å²) in [6.07, 6.45) is 2.78. The van der Waals surface area contributed by atoms with Gasteiger partial charge in [0.05, 0.1) is 23.7 Å². The highest BCUT2D eigenvalue weighted by atomic mass is 127. The average Bonchev–Trinajstić information content (AvgIpc) is 3.48. The standard InChI is InChI=1S/C22H26N4O3S.HI/c1-4-27-18-9-15-8-14(2)29-19(15)10-16(18)11-24-22(23-3)25-12-17-13-28-21(26-17)20-6-5-7-30-20;/h5-7,9-10,13-14H,4,8,11-12H2,1-3H3,(H2,23,24,25);1H. The number of hydrogen-bond acceptors (Lipinski definition) is 6. The Hall–Kier alpha value is -2.27. The predicted molar refractivity (Wildman–Crippen MR) is 134 cm³/mol. The third kappa shape index (κ3) is 5.70. The molecule has 0 radical (unpaired) electrons. The van der Waals surface area contributed by atoms with Gasteiger partial charge in [-0.05, 0) is 37.4 Å². The molecule has 31 heavy (non-hydrogen) atoms. The van der Waals surface area contributed by atoms with E-state index in [-0.39, 0.29) is 30.1 Å². The lowest BCUT2D eigenvalue weighted by atomic mass is 10.1. The number of oxazole rings is 1. The first-order valence-corrected chi connectivity index (χ1v) is 10.9. The van der Waals surface area contributed by atoms with Gasteiger partial charge in [-0.3, -0.25) is 4.99 Å². The second-order valence-corrected chi connectivity index (χ2v) is 7.98. The first-order valence-electron chi connectivity index (χ1n) is 10.0. The highest BCUT2D eigenvalue weighted by Gasteiger charge is 2.22.